The minimum absolute atomic E-state index is 0.138. The second-order valence-corrected chi connectivity index (χ2v) is 9.41. The molecule has 1 saturated heterocycles. The Balaban J connectivity index is 1.61. The van der Waals surface area contributed by atoms with E-state index in [-0.39, 0.29) is 5.91 Å². The number of nitrogens with zero attached hydrogens (tertiary/aromatic N) is 1. The second kappa shape index (κ2) is 10.3. The van der Waals surface area contributed by atoms with Crippen molar-refractivity contribution in [3.63, 3.8) is 0 Å². The lowest BCUT2D eigenvalue weighted by Gasteiger charge is -2.15. The molecule has 0 radical (unpaired) electrons. The number of carbonyl (C=O) groups excluding carboxylic acids is 1. The van der Waals surface area contributed by atoms with Gasteiger partial charge < -0.3 is 9.47 Å². The normalized spacial score (nSPS) is 14.8. The molecule has 0 aromatic heterocycles. The summed E-state index contributed by atoms with van der Waals surface area (Å²) in [5.74, 6) is 1.12. The van der Waals surface area contributed by atoms with E-state index in [0.717, 1.165) is 21.3 Å². The Morgan fingerprint density at radius 2 is 1.66 bits per heavy atom. The number of benzene rings is 3. The Morgan fingerprint density at radius 3 is 2.34 bits per heavy atom. The Kier molecular flexibility index (Phi) is 7.29. The van der Waals surface area contributed by atoms with Gasteiger partial charge in [-0.15, -0.1) is 0 Å². The highest BCUT2D eigenvalue weighted by Gasteiger charge is 2.33. The quantitative estimate of drug-likeness (QED) is 0.249. The van der Waals surface area contributed by atoms with Crippen LogP contribution in [0.25, 0.3) is 6.08 Å². The molecule has 0 bridgehead atoms. The minimum Gasteiger partial charge on any atom is -0.490 e. The van der Waals surface area contributed by atoms with Crippen LogP contribution in [0.1, 0.15) is 18.1 Å². The van der Waals surface area contributed by atoms with Crippen molar-refractivity contribution in [1.29, 1.82) is 0 Å². The molecule has 0 atom stereocenters. The van der Waals surface area contributed by atoms with Crippen LogP contribution >= 0.6 is 39.9 Å². The van der Waals surface area contributed by atoms with E-state index in [4.69, 9.17) is 21.7 Å². The first-order valence-corrected chi connectivity index (χ1v) is 12.0. The third-order valence-corrected chi connectivity index (χ3v) is 6.68. The first kappa shape index (κ1) is 22.6. The molecule has 1 aliphatic heterocycles. The van der Waals surface area contributed by atoms with Crippen LogP contribution in [0, 0.1) is 0 Å². The molecule has 1 heterocycles. The van der Waals surface area contributed by atoms with Gasteiger partial charge in [0.2, 0.25) is 0 Å². The maximum atomic E-state index is 13.0. The molecule has 0 saturated carbocycles. The fraction of sp³-hybridized carbons (Fsp3) is 0.120. The number of ether oxygens (including phenoxy) is 2. The number of para-hydroxylation sites is 1. The van der Waals surface area contributed by atoms with Crippen molar-refractivity contribution >= 4 is 61.9 Å². The van der Waals surface area contributed by atoms with Crippen molar-refractivity contribution < 1.29 is 14.3 Å². The summed E-state index contributed by atoms with van der Waals surface area (Å²) < 4.78 is 13.1. The number of hydrogen-bond acceptors (Lipinski definition) is 5. The van der Waals surface area contributed by atoms with Crippen LogP contribution in [-0.4, -0.2) is 16.8 Å². The van der Waals surface area contributed by atoms with Gasteiger partial charge >= 0.3 is 0 Å². The molecule has 1 aliphatic rings. The van der Waals surface area contributed by atoms with Crippen LogP contribution in [0.3, 0.4) is 0 Å². The lowest BCUT2D eigenvalue weighted by atomic mass is 10.1. The summed E-state index contributed by atoms with van der Waals surface area (Å²) in [6.45, 7) is 2.86. The van der Waals surface area contributed by atoms with Crippen molar-refractivity contribution in [3.05, 3.63) is 93.3 Å². The molecule has 0 N–H and O–H groups in total. The highest BCUT2D eigenvalue weighted by Crippen LogP contribution is 2.39. The van der Waals surface area contributed by atoms with Crippen LogP contribution in [0.15, 0.2) is 82.2 Å². The predicted octanol–water partition coefficient (Wildman–Crippen LogP) is 6.83. The number of thioether (sulfide) groups is 1. The summed E-state index contributed by atoms with van der Waals surface area (Å²) in [5.41, 5.74) is 2.64. The zero-order valence-electron chi connectivity index (χ0n) is 17.3. The van der Waals surface area contributed by atoms with Crippen molar-refractivity contribution in [3.8, 4) is 11.5 Å². The molecule has 32 heavy (non-hydrogen) atoms. The van der Waals surface area contributed by atoms with Crippen molar-refractivity contribution in [1.82, 2.24) is 0 Å². The van der Waals surface area contributed by atoms with Gasteiger partial charge in [-0.3, -0.25) is 9.69 Å². The summed E-state index contributed by atoms with van der Waals surface area (Å²) in [6.07, 6.45) is 1.83. The third kappa shape index (κ3) is 5.06. The average molecular weight is 526 g/mol. The summed E-state index contributed by atoms with van der Waals surface area (Å²) in [5, 5.41) is 0. The summed E-state index contributed by atoms with van der Waals surface area (Å²) in [7, 11) is 0. The van der Waals surface area contributed by atoms with Crippen LogP contribution in [-0.2, 0) is 11.4 Å². The summed E-state index contributed by atoms with van der Waals surface area (Å²) in [4.78, 5) is 15.2. The smallest absolute Gasteiger partial charge is 0.270 e. The topological polar surface area (TPSA) is 38.8 Å². The number of anilines is 1. The molecule has 7 heteroatoms. The van der Waals surface area contributed by atoms with E-state index in [9.17, 15) is 4.79 Å². The predicted molar refractivity (Wildman–Crippen MR) is 138 cm³/mol. The first-order valence-electron chi connectivity index (χ1n) is 10.0. The molecule has 0 unspecified atom stereocenters. The molecule has 1 amide bonds. The Morgan fingerprint density at radius 1 is 1.00 bits per heavy atom. The molecule has 4 rings (SSSR count). The maximum Gasteiger partial charge on any atom is 0.270 e. The first-order chi connectivity index (χ1) is 15.6. The number of rotatable bonds is 7. The second-order valence-electron chi connectivity index (χ2n) is 6.88. The highest BCUT2D eigenvalue weighted by atomic mass is 79.9. The van der Waals surface area contributed by atoms with Gasteiger partial charge in [0.15, 0.2) is 15.8 Å². The van der Waals surface area contributed by atoms with E-state index in [1.54, 1.807) is 4.90 Å². The fourth-order valence-corrected chi connectivity index (χ4v) is 4.91. The summed E-state index contributed by atoms with van der Waals surface area (Å²) in [6, 6.07) is 23.1. The molecule has 162 valence electrons. The van der Waals surface area contributed by atoms with Crippen molar-refractivity contribution in [2.24, 2.45) is 0 Å². The third-order valence-electron chi connectivity index (χ3n) is 4.69. The number of thiocarbonyl (C=S) groups is 1. The molecular weight excluding hydrogens is 506 g/mol. The largest absolute Gasteiger partial charge is 0.490 e. The van der Waals surface area contributed by atoms with E-state index < -0.39 is 0 Å². The molecule has 3 aromatic carbocycles. The van der Waals surface area contributed by atoms with E-state index in [0.29, 0.717) is 33.9 Å². The van der Waals surface area contributed by atoms with Gasteiger partial charge in [0.05, 0.1) is 17.2 Å². The van der Waals surface area contributed by atoms with Crippen LogP contribution in [0.4, 0.5) is 5.69 Å². The fourth-order valence-electron chi connectivity index (χ4n) is 3.19. The van der Waals surface area contributed by atoms with Gasteiger partial charge in [-0.1, -0.05) is 88.4 Å². The van der Waals surface area contributed by atoms with E-state index in [2.05, 4.69) is 15.9 Å². The van der Waals surface area contributed by atoms with Crippen LogP contribution in [0.5, 0.6) is 11.5 Å². The van der Waals surface area contributed by atoms with Crippen molar-refractivity contribution in [2.45, 2.75) is 13.5 Å². The molecule has 4 nitrogen and oxygen atoms in total. The van der Waals surface area contributed by atoms with E-state index in [1.807, 2.05) is 85.8 Å². The Hall–Kier alpha value is -2.61. The molecule has 1 fully saturated rings. The van der Waals surface area contributed by atoms with Gasteiger partial charge in [-0.25, -0.2) is 0 Å². The van der Waals surface area contributed by atoms with Gasteiger partial charge in [-0.2, -0.15) is 0 Å². The molecule has 0 aliphatic carbocycles. The van der Waals surface area contributed by atoms with Gasteiger partial charge in [0.1, 0.15) is 6.61 Å². The van der Waals surface area contributed by atoms with Crippen molar-refractivity contribution in [2.75, 3.05) is 11.5 Å². The number of amides is 1. The monoisotopic (exact) mass is 525 g/mol. The minimum atomic E-state index is -0.138. The van der Waals surface area contributed by atoms with Crippen LogP contribution < -0.4 is 14.4 Å². The molecule has 3 aromatic rings. The lowest BCUT2D eigenvalue weighted by molar-refractivity contribution is -0.113. The average Bonchev–Trinajstić information content (AvgIpc) is 3.09. The highest BCUT2D eigenvalue weighted by molar-refractivity contribution is 9.10. The Labute approximate surface area is 205 Å². The molecule has 0 spiro atoms. The maximum absolute atomic E-state index is 13.0. The Bertz CT molecular complexity index is 1170. The number of hydrogen-bond donors (Lipinski definition) is 0. The van der Waals surface area contributed by atoms with Gasteiger partial charge in [0, 0.05) is 4.47 Å². The van der Waals surface area contributed by atoms with Gasteiger partial charge in [-0.05, 0) is 48.4 Å². The molecular formula is C25H20BrNO3S2. The van der Waals surface area contributed by atoms with E-state index in [1.165, 1.54) is 11.8 Å². The zero-order chi connectivity index (χ0) is 22.5. The SMILES string of the molecule is CCOc1cc(/C=C2/SC(=S)N(c3ccccc3)C2=O)c(Br)cc1OCc1ccccc1. The zero-order valence-corrected chi connectivity index (χ0v) is 20.5. The van der Waals surface area contributed by atoms with Crippen LogP contribution in [0.2, 0.25) is 0 Å². The number of carbonyl (C=O) groups is 1. The van der Waals surface area contributed by atoms with E-state index >= 15 is 0 Å². The number of halogens is 1. The standard InChI is InChI=1S/C25H20BrNO3S2/c1-2-29-21-13-18(20(26)15-22(21)30-16-17-9-5-3-6-10-17)14-23-24(28)27(25(31)32-23)19-11-7-4-8-12-19/h3-15H,2,16H2,1H3/b23-14+. The van der Waals surface area contributed by atoms with Gasteiger partial charge in [0.25, 0.3) is 5.91 Å². The summed E-state index contributed by atoms with van der Waals surface area (Å²) >= 11 is 10.4. The lowest BCUT2D eigenvalue weighted by Crippen LogP contribution is -2.27.